The fourth-order valence-corrected chi connectivity index (χ4v) is 4.24. The van der Waals surface area contributed by atoms with E-state index in [2.05, 4.69) is 18.8 Å². The van der Waals surface area contributed by atoms with E-state index in [4.69, 9.17) is 4.74 Å². The van der Waals surface area contributed by atoms with E-state index in [0.29, 0.717) is 38.7 Å². The van der Waals surface area contributed by atoms with Gasteiger partial charge in [-0.25, -0.2) is 0 Å². The Kier molecular flexibility index (Phi) is 8.43. The number of methoxy groups -OCH3 is 1. The van der Waals surface area contributed by atoms with E-state index in [0.717, 1.165) is 25.9 Å². The predicted molar refractivity (Wildman–Crippen MR) is 85.4 cm³/mol. The minimum atomic E-state index is -3.43. The van der Waals surface area contributed by atoms with Gasteiger partial charge < -0.3 is 10.1 Å². The van der Waals surface area contributed by atoms with Crippen LogP contribution >= 0.6 is 0 Å². The molecule has 1 unspecified atom stereocenters. The van der Waals surface area contributed by atoms with Crippen molar-refractivity contribution in [2.45, 2.75) is 19.8 Å². The van der Waals surface area contributed by atoms with Crippen molar-refractivity contribution in [2.75, 3.05) is 53.0 Å². The molecule has 0 aromatic heterocycles. The van der Waals surface area contributed by atoms with Gasteiger partial charge in [0.05, 0.1) is 6.61 Å². The third kappa shape index (κ3) is 5.67. The summed E-state index contributed by atoms with van der Waals surface area (Å²) in [5.41, 5.74) is 0. The van der Waals surface area contributed by atoms with Gasteiger partial charge in [0.1, 0.15) is 0 Å². The zero-order chi connectivity index (χ0) is 15.7. The van der Waals surface area contributed by atoms with E-state index in [-0.39, 0.29) is 0 Å². The van der Waals surface area contributed by atoms with Gasteiger partial charge in [0.2, 0.25) is 0 Å². The second-order valence-corrected chi connectivity index (χ2v) is 7.25. The normalized spacial score (nSPS) is 20.8. The Morgan fingerprint density at radius 1 is 1.52 bits per heavy atom. The molecule has 0 bridgehead atoms. The van der Waals surface area contributed by atoms with Crippen LogP contribution in [-0.2, 0) is 14.9 Å². The summed E-state index contributed by atoms with van der Waals surface area (Å²) in [6.07, 6.45) is 3.62. The lowest BCUT2D eigenvalue weighted by Crippen LogP contribution is -2.50. The van der Waals surface area contributed by atoms with Gasteiger partial charge >= 0.3 is 0 Å². The Bertz CT molecular complexity index is 400. The van der Waals surface area contributed by atoms with Gasteiger partial charge in [0.25, 0.3) is 10.2 Å². The molecular weight excluding hydrogens is 290 g/mol. The molecule has 0 saturated carbocycles. The largest absolute Gasteiger partial charge is 0.383 e. The fourth-order valence-electron chi connectivity index (χ4n) is 2.55. The van der Waals surface area contributed by atoms with E-state index in [1.807, 2.05) is 0 Å². The quantitative estimate of drug-likeness (QED) is 0.602. The van der Waals surface area contributed by atoms with Crippen LogP contribution in [0.5, 0.6) is 0 Å². The number of rotatable bonds is 10. The summed E-state index contributed by atoms with van der Waals surface area (Å²) in [6.45, 7) is 9.77. The molecule has 1 atom stereocenters. The van der Waals surface area contributed by atoms with Crippen molar-refractivity contribution in [3.63, 3.8) is 0 Å². The summed E-state index contributed by atoms with van der Waals surface area (Å²) in [7, 11) is -1.85. The summed E-state index contributed by atoms with van der Waals surface area (Å²) in [4.78, 5) is 0. The van der Waals surface area contributed by atoms with Crippen LogP contribution < -0.4 is 5.32 Å². The van der Waals surface area contributed by atoms with Crippen LogP contribution in [0.25, 0.3) is 0 Å². The summed E-state index contributed by atoms with van der Waals surface area (Å²) in [6, 6.07) is 0. The zero-order valence-corrected chi connectivity index (χ0v) is 14.1. The average Bonchev–Trinajstić information content (AvgIpc) is 2.49. The highest BCUT2D eigenvalue weighted by Crippen LogP contribution is 2.20. The van der Waals surface area contributed by atoms with Crippen molar-refractivity contribution in [1.29, 1.82) is 0 Å². The topological polar surface area (TPSA) is 61.9 Å². The number of piperidine rings is 1. The van der Waals surface area contributed by atoms with Crippen LogP contribution in [0.4, 0.5) is 0 Å². The second kappa shape index (κ2) is 9.53. The summed E-state index contributed by atoms with van der Waals surface area (Å²) in [5, 5.41) is 3.31. The van der Waals surface area contributed by atoms with E-state index < -0.39 is 10.2 Å². The second-order valence-electron chi connectivity index (χ2n) is 5.32. The Morgan fingerprint density at radius 2 is 2.29 bits per heavy atom. The molecule has 1 heterocycles. The van der Waals surface area contributed by atoms with Crippen LogP contribution in [0.1, 0.15) is 19.8 Å². The molecule has 21 heavy (non-hydrogen) atoms. The number of hydrogen-bond donors (Lipinski definition) is 1. The first-order valence-corrected chi connectivity index (χ1v) is 9.01. The standard InChI is InChI=1S/C14H29N3O3S/c1-4-8-16(10-11-20-3)21(18,19)17-9-6-7-14(13-17)12-15-5-2/h4,14-15H,1,5-13H2,2-3H3. The highest BCUT2D eigenvalue weighted by atomic mass is 32.2. The van der Waals surface area contributed by atoms with Gasteiger partial charge in [0.15, 0.2) is 0 Å². The highest BCUT2D eigenvalue weighted by Gasteiger charge is 2.32. The molecule has 124 valence electrons. The molecule has 7 heteroatoms. The van der Waals surface area contributed by atoms with Gasteiger partial charge in [-0.1, -0.05) is 13.0 Å². The van der Waals surface area contributed by atoms with Crippen molar-refractivity contribution in [1.82, 2.24) is 13.9 Å². The van der Waals surface area contributed by atoms with Crippen molar-refractivity contribution >= 4 is 10.2 Å². The summed E-state index contributed by atoms with van der Waals surface area (Å²) < 4.78 is 33.5. The van der Waals surface area contributed by atoms with E-state index >= 15 is 0 Å². The number of hydrogen-bond acceptors (Lipinski definition) is 4. The molecule has 6 nitrogen and oxygen atoms in total. The van der Waals surface area contributed by atoms with E-state index in [1.165, 1.54) is 4.31 Å². The molecule has 1 aliphatic rings. The minimum Gasteiger partial charge on any atom is -0.383 e. The van der Waals surface area contributed by atoms with Crippen molar-refractivity contribution in [2.24, 2.45) is 5.92 Å². The van der Waals surface area contributed by atoms with Gasteiger partial charge in [-0.05, 0) is 31.8 Å². The third-order valence-electron chi connectivity index (χ3n) is 3.69. The molecular formula is C14H29N3O3S. The lowest BCUT2D eigenvalue weighted by Gasteiger charge is -2.35. The first kappa shape index (κ1) is 18.6. The predicted octanol–water partition coefficient (Wildman–Crippen LogP) is 0.687. The average molecular weight is 319 g/mol. The Labute approximate surface area is 129 Å². The van der Waals surface area contributed by atoms with Crippen LogP contribution in [-0.4, -0.2) is 70.0 Å². The molecule has 1 N–H and O–H groups in total. The van der Waals surface area contributed by atoms with Gasteiger partial charge in [-0.3, -0.25) is 0 Å². The molecule has 1 aliphatic heterocycles. The zero-order valence-electron chi connectivity index (χ0n) is 13.3. The molecule has 0 radical (unpaired) electrons. The molecule has 0 aromatic rings. The van der Waals surface area contributed by atoms with Crippen molar-refractivity contribution in [3.05, 3.63) is 12.7 Å². The molecule has 1 rings (SSSR count). The third-order valence-corrected chi connectivity index (χ3v) is 5.66. The minimum absolute atomic E-state index is 0.320. The van der Waals surface area contributed by atoms with Crippen molar-refractivity contribution in [3.8, 4) is 0 Å². The van der Waals surface area contributed by atoms with Gasteiger partial charge in [-0.15, -0.1) is 6.58 Å². The molecule has 0 spiro atoms. The maximum atomic E-state index is 12.7. The first-order chi connectivity index (χ1) is 10.1. The van der Waals surface area contributed by atoms with Crippen LogP contribution in [0, 0.1) is 5.92 Å². The van der Waals surface area contributed by atoms with E-state index in [1.54, 1.807) is 17.5 Å². The summed E-state index contributed by atoms with van der Waals surface area (Å²) >= 11 is 0. The Hall–Kier alpha value is -0.470. The highest BCUT2D eigenvalue weighted by molar-refractivity contribution is 7.86. The van der Waals surface area contributed by atoms with Gasteiger partial charge in [-0.2, -0.15) is 17.0 Å². The molecule has 0 amide bonds. The van der Waals surface area contributed by atoms with Crippen LogP contribution in [0.15, 0.2) is 12.7 Å². The maximum Gasteiger partial charge on any atom is 0.282 e. The lowest BCUT2D eigenvalue weighted by molar-refractivity contribution is 0.175. The SMILES string of the molecule is C=CCN(CCOC)S(=O)(=O)N1CCCC(CNCC)C1. The summed E-state index contributed by atoms with van der Waals surface area (Å²) in [5.74, 6) is 0.390. The monoisotopic (exact) mass is 319 g/mol. The fraction of sp³-hybridized carbons (Fsp3) is 0.857. The molecule has 0 aromatic carbocycles. The smallest absolute Gasteiger partial charge is 0.282 e. The first-order valence-electron chi connectivity index (χ1n) is 7.62. The number of ether oxygens (including phenoxy) is 1. The number of nitrogens with zero attached hydrogens (tertiary/aromatic N) is 2. The van der Waals surface area contributed by atoms with Gasteiger partial charge in [0, 0.05) is 33.3 Å². The molecule has 1 saturated heterocycles. The van der Waals surface area contributed by atoms with E-state index in [9.17, 15) is 8.42 Å². The van der Waals surface area contributed by atoms with Crippen LogP contribution in [0.2, 0.25) is 0 Å². The molecule has 1 fully saturated rings. The Morgan fingerprint density at radius 3 is 2.90 bits per heavy atom. The Balaban J connectivity index is 2.71. The van der Waals surface area contributed by atoms with Crippen molar-refractivity contribution < 1.29 is 13.2 Å². The maximum absolute atomic E-state index is 12.7. The molecule has 0 aliphatic carbocycles. The lowest BCUT2D eigenvalue weighted by atomic mass is 10.00. The number of nitrogens with one attached hydrogen (secondary N) is 1. The van der Waals surface area contributed by atoms with Crippen LogP contribution in [0.3, 0.4) is 0 Å².